The average molecular weight is 189 g/mol. The molecule has 0 aromatic carbocycles. The van der Waals surface area contributed by atoms with Crippen molar-refractivity contribution in [2.45, 2.75) is 0 Å². The molecule has 0 fully saturated rings. The van der Waals surface area contributed by atoms with Gasteiger partial charge in [0.15, 0.2) is 0 Å². The summed E-state index contributed by atoms with van der Waals surface area (Å²) in [4.78, 5) is 0. The fourth-order valence-corrected chi connectivity index (χ4v) is 1.52. The van der Waals surface area contributed by atoms with E-state index in [-0.39, 0.29) is 0 Å². The van der Waals surface area contributed by atoms with Gasteiger partial charge in [0.05, 0.1) is 11.0 Å². The Morgan fingerprint density at radius 3 is 2.86 bits per heavy atom. The predicted molar refractivity (Wildman–Crippen MR) is 53.6 cm³/mol. The number of hydrogen-bond acceptors (Lipinski definition) is 3. The van der Waals surface area contributed by atoms with E-state index in [0.29, 0.717) is 11.1 Å². The summed E-state index contributed by atoms with van der Waals surface area (Å²) in [6.45, 7) is 0. The first kappa shape index (κ1) is 8.62. The van der Waals surface area contributed by atoms with Crippen LogP contribution in [0.2, 0.25) is 0 Å². The lowest BCUT2D eigenvalue weighted by Gasteiger charge is -2.14. The summed E-state index contributed by atoms with van der Waals surface area (Å²) < 4.78 is 1.03. The Morgan fingerprint density at radius 1 is 1.36 bits per heavy atom. The van der Waals surface area contributed by atoms with Crippen LogP contribution in [0.1, 0.15) is 0 Å². The van der Waals surface area contributed by atoms with Crippen LogP contribution in [0.25, 0.3) is 11.3 Å². The second-order valence-corrected chi connectivity index (χ2v) is 3.03. The van der Waals surface area contributed by atoms with Gasteiger partial charge in [-0.3, -0.25) is 0 Å². The Labute approximate surface area is 81.2 Å². The molecule has 0 spiro atoms. The number of hydrogen-bond donors (Lipinski definition) is 3. The van der Waals surface area contributed by atoms with E-state index in [9.17, 15) is 5.21 Å². The molecule has 4 heteroatoms. The molecule has 0 aromatic rings. The standard InChI is InChI=1S/C10H11N3O/c1-12-9-5-4-8(11)7-3-2-6-13(14)10(7)9/h2-6,11-12,14H,1H3. The normalized spacial score (nSPS) is 10.4. The minimum atomic E-state index is 0.405. The van der Waals surface area contributed by atoms with E-state index in [2.05, 4.69) is 5.32 Å². The summed E-state index contributed by atoms with van der Waals surface area (Å²) in [5, 5.41) is 20.7. The van der Waals surface area contributed by atoms with E-state index in [1.54, 1.807) is 31.4 Å². The molecule has 4 nitrogen and oxygen atoms in total. The average Bonchev–Trinajstić information content (AvgIpc) is 2.20. The maximum atomic E-state index is 9.60. The summed E-state index contributed by atoms with van der Waals surface area (Å²) in [6, 6.07) is 7.00. The first-order valence-corrected chi connectivity index (χ1v) is 4.30. The quantitative estimate of drug-likeness (QED) is 0.593. The molecule has 0 amide bonds. The van der Waals surface area contributed by atoms with Gasteiger partial charge in [-0.25, -0.2) is 0 Å². The first-order chi connectivity index (χ1) is 6.74. The van der Waals surface area contributed by atoms with Gasteiger partial charge >= 0.3 is 0 Å². The Kier molecular flexibility index (Phi) is 1.89. The zero-order valence-electron chi connectivity index (χ0n) is 7.78. The molecule has 2 aliphatic rings. The van der Waals surface area contributed by atoms with E-state index >= 15 is 0 Å². The molecule has 0 saturated carbocycles. The van der Waals surface area contributed by atoms with Crippen molar-refractivity contribution in [3.05, 3.63) is 35.8 Å². The smallest absolute Gasteiger partial charge is 0.112 e. The van der Waals surface area contributed by atoms with Crippen molar-refractivity contribution in [1.29, 1.82) is 5.41 Å². The van der Waals surface area contributed by atoms with Crippen molar-refractivity contribution < 1.29 is 5.21 Å². The van der Waals surface area contributed by atoms with Gasteiger partial charge in [0.25, 0.3) is 0 Å². The molecule has 0 aromatic heterocycles. The van der Waals surface area contributed by atoms with Crippen LogP contribution >= 0.6 is 0 Å². The summed E-state index contributed by atoms with van der Waals surface area (Å²) in [5.41, 5.74) is 2.16. The van der Waals surface area contributed by atoms with E-state index in [0.717, 1.165) is 16.0 Å². The second-order valence-electron chi connectivity index (χ2n) is 3.03. The predicted octanol–water partition coefficient (Wildman–Crippen LogP) is 1.35. The van der Waals surface area contributed by atoms with Crippen LogP contribution < -0.4 is 10.7 Å². The van der Waals surface area contributed by atoms with Crippen LogP contribution in [0.3, 0.4) is 0 Å². The topological polar surface area (TPSA) is 61.0 Å². The molecule has 0 bridgehead atoms. The van der Waals surface area contributed by atoms with E-state index in [1.165, 1.54) is 0 Å². The Morgan fingerprint density at radius 2 is 2.14 bits per heavy atom. The van der Waals surface area contributed by atoms with E-state index in [1.807, 2.05) is 6.07 Å². The zero-order valence-corrected chi connectivity index (χ0v) is 7.78. The van der Waals surface area contributed by atoms with Crippen LogP contribution in [0.15, 0.2) is 30.5 Å². The van der Waals surface area contributed by atoms with Crippen LogP contribution in [0.4, 0.5) is 5.69 Å². The number of nitrogens with zero attached hydrogens (tertiary/aromatic N) is 1. The highest BCUT2D eigenvalue weighted by Gasteiger charge is 2.11. The molecule has 0 saturated heterocycles. The maximum absolute atomic E-state index is 9.60. The second kappa shape index (κ2) is 3.06. The van der Waals surface area contributed by atoms with Crippen molar-refractivity contribution in [1.82, 2.24) is 4.73 Å². The van der Waals surface area contributed by atoms with Gasteiger partial charge in [-0.05, 0) is 24.3 Å². The maximum Gasteiger partial charge on any atom is 0.112 e. The van der Waals surface area contributed by atoms with Crippen molar-refractivity contribution in [2.75, 3.05) is 12.4 Å². The lowest BCUT2D eigenvalue weighted by Crippen LogP contribution is -2.12. The Balaban J connectivity index is 2.89. The van der Waals surface area contributed by atoms with E-state index in [4.69, 9.17) is 5.41 Å². The number of benzene rings is 1. The molecular weight excluding hydrogens is 178 g/mol. The highest BCUT2D eigenvalue weighted by Crippen LogP contribution is 2.24. The number of aromatic nitrogens is 1. The molecule has 1 aliphatic carbocycles. The lowest BCUT2D eigenvalue weighted by molar-refractivity contribution is 0.189. The van der Waals surface area contributed by atoms with Gasteiger partial charge in [-0.15, -0.1) is 0 Å². The fraction of sp³-hybridized carbons (Fsp3) is 0.100. The van der Waals surface area contributed by atoms with Gasteiger partial charge in [-0.2, -0.15) is 4.73 Å². The van der Waals surface area contributed by atoms with E-state index < -0.39 is 0 Å². The largest absolute Gasteiger partial charge is 0.428 e. The number of rotatable bonds is 1. The van der Waals surface area contributed by atoms with Crippen LogP contribution in [-0.2, 0) is 0 Å². The third-order valence-corrected chi connectivity index (χ3v) is 2.21. The molecule has 1 heterocycles. The summed E-state index contributed by atoms with van der Waals surface area (Å²) in [7, 11) is 1.78. The fourth-order valence-electron chi connectivity index (χ4n) is 1.52. The number of anilines is 1. The highest BCUT2D eigenvalue weighted by molar-refractivity contribution is 5.75. The van der Waals surface area contributed by atoms with Gasteiger partial charge in [0.1, 0.15) is 5.69 Å². The molecule has 72 valence electrons. The molecular formula is C10H11N3O. The van der Waals surface area contributed by atoms with Crippen LogP contribution in [-0.4, -0.2) is 17.0 Å². The minimum Gasteiger partial charge on any atom is -0.428 e. The third kappa shape index (κ3) is 1.12. The van der Waals surface area contributed by atoms with Crippen molar-refractivity contribution in [3.63, 3.8) is 0 Å². The van der Waals surface area contributed by atoms with Crippen molar-refractivity contribution >= 4 is 5.69 Å². The number of pyridine rings is 1. The summed E-state index contributed by atoms with van der Waals surface area (Å²) >= 11 is 0. The van der Waals surface area contributed by atoms with Crippen molar-refractivity contribution in [2.24, 2.45) is 0 Å². The number of nitrogens with one attached hydrogen (secondary N) is 2. The van der Waals surface area contributed by atoms with Crippen LogP contribution in [0.5, 0.6) is 0 Å². The third-order valence-electron chi connectivity index (χ3n) is 2.21. The molecule has 1 aliphatic heterocycles. The van der Waals surface area contributed by atoms with Crippen molar-refractivity contribution in [3.8, 4) is 11.3 Å². The summed E-state index contributed by atoms with van der Waals surface area (Å²) in [6.07, 6.45) is 1.54. The minimum absolute atomic E-state index is 0.405. The van der Waals surface area contributed by atoms with Gasteiger partial charge in [0, 0.05) is 18.8 Å². The molecule has 2 rings (SSSR count). The molecule has 3 N–H and O–H groups in total. The Hall–Kier alpha value is -1.97. The summed E-state index contributed by atoms with van der Waals surface area (Å²) in [5.74, 6) is 0. The highest BCUT2D eigenvalue weighted by atomic mass is 16.5. The van der Waals surface area contributed by atoms with Gasteiger partial charge in [-0.1, -0.05) is 0 Å². The molecule has 0 radical (unpaired) electrons. The zero-order chi connectivity index (χ0) is 10.1. The SMILES string of the molecule is CNc1ccc(=N)c2cccn(O)c1-2. The monoisotopic (exact) mass is 189 g/mol. The molecule has 14 heavy (non-hydrogen) atoms. The van der Waals surface area contributed by atoms with Gasteiger partial charge < -0.3 is 15.9 Å². The Bertz CT molecular complexity index is 489. The lowest BCUT2D eigenvalue weighted by atomic mass is 10.1. The molecule has 0 atom stereocenters. The van der Waals surface area contributed by atoms with Gasteiger partial charge in [0.2, 0.25) is 0 Å². The number of fused-ring (bicyclic) bond motifs is 1. The van der Waals surface area contributed by atoms with Crippen LogP contribution in [0, 0.1) is 5.41 Å². The first-order valence-electron chi connectivity index (χ1n) is 4.30. The molecule has 0 unspecified atom stereocenters.